The van der Waals surface area contributed by atoms with Crippen molar-refractivity contribution in [3.8, 4) is 0 Å². The molecule has 0 spiro atoms. The van der Waals surface area contributed by atoms with Crippen molar-refractivity contribution in [1.82, 2.24) is 15.5 Å². The molecule has 1 saturated carbocycles. The maximum absolute atomic E-state index is 12.7. The molecule has 1 aliphatic carbocycles. The molecule has 2 aliphatic heterocycles. The number of anilines is 1. The van der Waals surface area contributed by atoms with E-state index < -0.39 is 0 Å². The highest BCUT2D eigenvalue weighted by molar-refractivity contribution is 5.98. The van der Waals surface area contributed by atoms with Gasteiger partial charge in [-0.15, -0.1) is 0 Å². The number of rotatable bonds is 4. The van der Waals surface area contributed by atoms with Crippen LogP contribution in [0, 0.1) is 0 Å². The van der Waals surface area contributed by atoms with Crippen LogP contribution in [0.3, 0.4) is 0 Å². The predicted molar refractivity (Wildman–Crippen MR) is 109 cm³/mol. The zero-order chi connectivity index (χ0) is 18.6. The number of benzene rings is 1. The monoisotopic (exact) mass is 369 g/mol. The third kappa shape index (κ3) is 4.10. The SMILES string of the molecule is CN=C(NCC(=O)N1CCc2ccccc21)NC1CCN(C2CCCC2)C1. The number of aliphatic imine (C=N–C) groups is 1. The molecule has 1 amide bonds. The molecular formula is C21H31N5O. The van der Waals surface area contributed by atoms with Gasteiger partial charge in [0.1, 0.15) is 0 Å². The van der Waals surface area contributed by atoms with Gasteiger partial charge < -0.3 is 15.5 Å². The average Bonchev–Trinajstić information content (AvgIpc) is 3.44. The molecule has 0 bridgehead atoms. The Bertz CT molecular complexity index is 698. The molecule has 1 aromatic rings. The van der Waals surface area contributed by atoms with Gasteiger partial charge in [-0.1, -0.05) is 31.0 Å². The van der Waals surface area contributed by atoms with Gasteiger partial charge in [0.25, 0.3) is 0 Å². The molecule has 2 heterocycles. The molecule has 0 radical (unpaired) electrons. The number of fused-ring (bicyclic) bond motifs is 1. The third-order valence-corrected chi connectivity index (χ3v) is 6.22. The van der Waals surface area contributed by atoms with Crippen LogP contribution in [0.2, 0.25) is 0 Å². The molecule has 6 heteroatoms. The second kappa shape index (κ2) is 8.30. The number of para-hydroxylation sites is 1. The minimum atomic E-state index is 0.0990. The molecule has 146 valence electrons. The van der Waals surface area contributed by atoms with E-state index in [0.29, 0.717) is 6.04 Å². The van der Waals surface area contributed by atoms with E-state index in [1.165, 1.54) is 37.8 Å². The minimum Gasteiger partial charge on any atom is -0.352 e. The smallest absolute Gasteiger partial charge is 0.246 e. The van der Waals surface area contributed by atoms with Gasteiger partial charge in [-0.2, -0.15) is 0 Å². The molecule has 2 N–H and O–H groups in total. The summed E-state index contributed by atoms with van der Waals surface area (Å²) in [5, 5.41) is 6.73. The largest absolute Gasteiger partial charge is 0.352 e. The van der Waals surface area contributed by atoms with Crippen molar-refractivity contribution in [2.75, 3.05) is 38.1 Å². The zero-order valence-electron chi connectivity index (χ0n) is 16.3. The van der Waals surface area contributed by atoms with Gasteiger partial charge in [0.15, 0.2) is 5.96 Å². The Hall–Kier alpha value is -2.08. The highest BCUT2D eigenvalue weighted by Gasteiger charge is 2.30. The lowest BCUT2D eigenvalue weighted by atomic mass is 10.2. The van der Waals surface area contributed by atoms with Crippen LogP contribution in [0.25, 0.3) is 0 Å². The first-order valence-corrected chi connectivity index (χ1v) is 10.3. The summed E-state index contributed by atoms with van der Waals surface area (Å²) in [5.41, 5.74) is 2.31. The fourth-order valence-electron chi connectivity index (χ4n) is 4.75. The standard InChI is InChI=1S/C21H31N5O/c1-22-21(24-17-11-12-25(15-17)18-7-3-4-8-18)23-14-20(27)26-13-10-16-6-2-5-9-19(16)26/h2,5-6,9,17-18H,3-4,7-8,10-15H2,1H3,(H2,22,23,24). The molecule has 0 aromatic heterocycles. The number of amides is 1. The van der Waals surface area contributed by atoms with Crippen LogP contribution in [-0.4, -0.2) is 62.1 Å². The molecule has 4 rings (SSSR count). The van der Waals surface area contributed by atoms with Crippen molar-refractivity contribution in [3.63, 3.8) is 0 Å². The summed E-state index contributed by atoms with van der Waals surface area (Å²) in [6, 6.07) is 9.36. The van der Waals surface area contributed by atoms with Crippen molar-refractivity contribution in [2.45, 2.75) is 50.6 Å². The Kier molecular flexibility index (Phi) is 5.62. The van der Waals surface area contributed by atoms with Gasteiger partial charge >= 0.3 is 0 Å². The third-order valence-electron chi connectivity index (χ3n) is 6.22. The summed E-state index contributed by atoms with van der Waals surface area (Å²) in [7, 11) is 1.77. The second-order valence-electron chi connectivity index (χ2n) is 7.91. The van der Waals surface area contributed by atoms with Crippen LogP contribution in [0.5, 0.6) is 0 Å². The Balaban J connectivity index is 1.26. The fraction of sp³-hybridized carbons (Fsp3) is 0.619. The summed E-state index contributed by atoms with van der Waals surface area (Å²) in [6.45, 7) is 3.29. The Labute approximate surface area is 162 Å². The van der Waals surface area contributed by atoms with Crippen LogP contribution in [-0.2, 0) is 11.2 Å². The lowest BCUT2D eigenvalue weighted by Crippen LogP contribution is -2.48. The van der Waals surface area contributed by atoms with Crippen LogP contribution < -0.4 is 15.5 Å². The normalized spacial score (nSPS) is 23.7. The number of nitrogens with zero attached hydrogens (tertiary/aromatic N) is 3. The van der Waals surface area contributed by atoms with Gasteiger partial charge in [0.2, 0.25) is 5.91 Å². The second-order valence-corrected chi connectivity index (χ2v) is 7.91. The summed E-state index contributed by atoms with van der Waals surface area (Å²) >= 11 is 0. The van der Waals surface area contributed by atoms with Crippen molar-refractivity contribution in [1.29, 1.82) is 0 Å². The van der Waals surface area contributed by atoms with Crippen molar-refractivity contribution >= 4 is 17.6 Å². The average molecular weight is 370 g/mol. The van der Waals surface area contributed by atoms with E-state index in [1.807, 2.05) is 23.1 Å². The number of nitrogens with one attached hydrogen (secondary N) is 2. The van der Waals surface area contributed by atoms with E-state index in [2.05, 4.69) is 26.6 Å². The zero-order valence-corrected chi connectivity index (χ0v) is 16.3. The molecule has 1 aromatic carbocycles. The first-order valence-electron chi connectivity index (χ1n) is 10.3. The van der Waals surface area contributed by atoms with Gasteiger partial charge in [-0.3, -0.25) is 14.7 Å². The molecule has 27 heavy (non-hydrogen) atoms. The molecular weight excluding hydrogens is 338 g/mol. The molecule has 1 unspecified atom stereocenters. The number of hydrogen-bond donors (Lipinski definition) is 2. The predicted octanol–water partition coefficient (Wildman–Crippen LogP) is 1.76. The number of likely N-dealkylation sites (tertiary alicyclic amines) is 1. The molecule has 2 fully saturated rings. The van der Waals surface area contributed by atoms with E-state index in [9.17, 15) is 4.79 Å². The van der Waals surface area contributed by atoms with Gasteiger partial charge in [-0.05, 0) is 37.3 Å². The highest BCUT2D eigenvalue weighted by Crippen LogP contribution is 2.27. The first kappa shape index (κ1) is 18.3. The molecule has 1 saturated heterocycles. The quantitative estimate of drug-likeness (QED) is 0.627. The topological polar surface area (TPSA) is 60.0 Å². The van der Waals surface area contributed by atoms with Crippen LogP contribution in [0.1, 0.15) is 37.7 Å². The summed E-state index contributed by atoms with van der Waals surface area (Å²) in [6.07, 6.45) is 7.55. The van der Waals surface area contributed by atoms with Gasteiger partial charge in [0.05, 0.1) is 6.54 Å². The first-order chi connectivity index (χ1) is 13.2. The van der Waals surface area contributed by atoms with E-state index in [0.717, 1.165) is 43.6 Å². The summed E-state index contributed by atoms with van der Waals surface area (Å²) in [5.74, 6) is 0.830. The fourth-order valence-corrected chi connectivity index (χ4v) is 4.75. The van der Waals surface area contributed by atoms with Crippen molar-refractivity contribution in [2.24, 2.45) is 4.99 Å². The van der Waals surface area contributed by atoms with Crippen LogP contribution in [0.15, 0.2) is 29.3 Å². The summed E-state index contributed by atoms with van der Waals surface area (Å²) in [4.78, 5) is 21.5. The summed E-state index contributed by atoms with van der Waals surface area (Å²) < 4.78 is 0. The van der Waals surface area contributed by atoms with Crippen LogP contribution in [0.4, 0.5) is 5.69 Å². The van der Waals surface area contributed by atoms with E-state index in [1.54, 1.807) is 7.05 Å². The Morgan fingerprint density at radius 3 is 2.81 bits per heavy atom. The van der Waals surface area contributed by atoms with E-state index in [4.69, 9.17) is 0 Å². The Morgan fingerprint density at radius 1 is 1.19 bits per heavy atom. The van der Waals surface area contributed by atoms with Gasteiger partial charge in [0, 0.05) is 44.5 Å². The lowest BCUT2D eigenvalue weighted by Gasteiger charge is -2.24. The number of carbonyl (C=O) groups is 1. The number of carbonyl (C=O) groups excluding carboxylic acids is 1. The molecule has 1 atom stereocenters. The Morgan fingerprint density at radius 2 is 2.00 bits per heavy atom. The van der Waals surface area contributed by atoms with Crippen molar-refractivity contribution < 1.29 is 4.79 Å². The minimum absolute atomic E-state index is 0.0990. The van der Waals surface area contributed by atoms with Crippen LogP contribution >= 0.6 is 0 Å². The number of hydrogen-bond acceptors (Lipinski definition) is 3. The number of guanidine groups is 1. The van der Waals surface area contributed by atoms with Gasteiger partial charge in [-0.25, -0.2) is 0 Å². The molecule has 3 aliphatic rings. The molecule has 6 nitrogen and oxygen atoms in total. The highest BCUT2D eigenvalue weighted by atomic mass is 16.2. The van der Waals surface area contributed by atoms with E-state index >= 15 is 0 Å². The van der Waals surface area contributed by atoms with Crippen molar-refractivity contribution in [3.05, 3.63) is 29.8 Å². The maximum atomic E-state index is 12.7. The maximum Gasteiger partial charge on any atom is 0.246 e. The lowest BCUT2D eigenvalue weighted by molar-refractivity contribution is -0.117. The van der Waals surface area contributed by atoms with E-state index in [-0.39, 0.29) is 12.5 Å².